The van der Waals surface area contributed by atoms with Crippen molar-refractivity contribution in [3.8, 4) is 0 Å². The molecular weight excluding hydrogens is 392 g/mol. The van der Waals surface area contributed by atoms with Gasteiger partial charge >= 0.3 is 0 Å². The van der Waals surface area contributed by atoms with Crippen LogP contribution < -0.4 is 4.90 Å². The van der Waals surface area contributed by atoms with Crippen molar-refractivity contribution in [2.45, 2.75) is 71.6 Å². The van der Waals surface area contributed by atoms with Gasteiger partial charge in [-0.05, 0) is 43.6 Å². The lowest BCUT2D eigenvalue weighted by Gasteiger charge is -2.37. The molecule has 1 saturated heterocycles. The van der Waals surface area contributed by atoms with Gasteiger partial charge in [0.05, 0.1) is 5.39 Å². The van der Waals surface area contributed by atoms with E-state index in [-0.39, 0.29) is 5.92 Å². The molecule has 162 valence electrons. The number of amides is 1. The number of hydrogen-bond acceptors (Lipinski definition) is 5. The van der Waals surface area contributed by atoms with Crippen molar-refractivity contribution < 1.29 is 4.79 Å². The van der Waals surface area contributed by atoms with Gasteiger partial charge in [-0.2, -0.15) is 0 Å². The molecule has 0 spiro atoms. The highest BCUT2D eigenvalue weighted by atomic mass is 32.1. The number of aromatic nitrogens is 2. The van der Waals surface area contributed by atoms with E-state index in [2.05, 4.69) is 30.6 Å². The molecule has 2 aliphatic carbocycles. The molecule has 6 heteroatoms. The van der Waals surface area contributed by atoms with E-state index in [9.17, 15) is 4.79 Å². The van der Waals surface area contributed by atoms with Crippen LogP contribution in [0.15, 0.2) is 0 Å². The predicted octanol–water partition coefficient (Wildman–Crippen LogP) is 4.78. The van der Waals surface area contributed by atoms with Gasteiger partial charge < -0.3 is 9.80 Å². The molecule has 0 bridgehead atoms. The molecule has 2 aromatic rings. The lowest BCUT2D eigenvalue weighted by Crippen LogP contribution is -2.50. The minimum absolute atomic E-state index is 0.278. The molecule has 0 N–H and O–H groups in total. The molecule has 1 unspecified atom stereocenters. The summed E-state index contributed by atoms with van der Waals surface area (Å²) in [4.78, 5) is 30.2. The van der Waals surface area contributed by atoms with Gasteiger partial charge in [0.15, 0.2) is 0 Å². The van der Waals surface area contributed by atoms with Crippen LogP contribution in [0.1, 0.15) is 75.1 Å². The second-order valence-corrected chi connectivity index (χ2v) is 11.0. The predicted molar refractivity (Wildman–Crippen MR) is 123 cm³/mol. The maximum absolute atomic E-state index is 12.9. The minimum atomic E-state index is 0.278. The highest BCUT2D eigenvalue weighted by Gasteiger charge is 2.32. The molecule has 2 aromatic heterocycles. The first kappa shape index (κ1) is 20.2. The summed E-state index contributed by atoms with van der Waals surface area (Å²) in [5, 5.41) is 1.31. The Hall–Kier alpha value is -1.69. The molecule has 1 saturated carbocycles. The van der Waals surface area contributed by atoms with E-state index in [4.69, 9.17) is 9.97 Å². The molecule has 1 atom stereocenters. The molecule has 1 amide bonds. The van der Waals surface area contributed by atoms with Crippen LogP contribution in [0.3, 0.4) is 0 Å². The Bertz CT molecular complexity index is 938. The number of carbonyl (C=O) groups excluding carboxylic acids is 1. The number of fused-ring (bicyclic) bond motifs is 3. The number of piperazine rings is 1. The summed E-state index contributed by atoms with van der Waals surface area (Å²) >= 11 is 1.89. The van der Waals surface area contributed by atoms with Gasteiger partial charge in [-0.1, -0.05) is 33.6 Å². The van der Waals surface area contributed by atoms with Crippen LogP contribution in [0, 0.1) is 11.8 Å². The SMILES string of the molecule is CC1CCc2c(sc3nc(C(C)C)nc(N4CCN(C(=O)C5CCCC5)CC4)c23)C1. The first-order chi connectivity index (χ1) is 14.5. The monoisotopic (exact) mass is 426 g/mol. The molecule has 0 radical (unpaired) electrons. The summed E-state index contributed by atoms with van der Waals surface area (Å²) in [6.07, 6.45) is 8.19. The zero-order valence-electron chi connectivity index (χ0n) is 18.6. The fourth-order valence-electron chi connectivity index (χ4n) is 5.40. The molecule has 3 aliphatic rings. The third-order valence-corrected chi connectivity index (χ3v) is 8.41. The number of nitrogens with zero attached hydrogens (tertiary/aromatic N) is 4. The summed E-state index contributed by atoms with van der Waals surface area (Å²) in [5.74, 6) is 3.83. The lowest BCUT2D eigenvalue weighted by molar-refractivity contribution is -0.135. The largest absolute Gasteiger partial charge is 0.352 e. The highest BCUT2D eigenvalue weighted by Crippen LogP contribution is 2.41. The smallest absolute Gasteiger partial charge is 0.225 e. The third-order valence-electron chi connectivity index (χ3n) is 7.26. The molecule has 2 fully saturated rings. The van der Waals surface area contributed by atoms with E-state index in [1.54, 1.807) is 0 Å². The van der Waals surface area contributed by atoms with E-state index in [0.717, 1.165) is 63.0 Å². The van der Waals surface area contributed by atoms with E-state index in [1.807, 2.05) is 11.3 Å². The van der Waals surface area contributed by atoms with Crippen LogP contribution in [0.2, 0.25) is 0 Å². The first-order valence-electron chi connectivity index (χ1n) is 11.9. The molecule has 5 nitrogen and oxygen atoms in total. The Morgan fingerprint density at radius 1 is 1.07 bits per heavy atom. The van der Waals surface area contributed by atoms with Gasteiger partial charge in [-0.15, -0.1) is 11.3 Å². The van der Waals surface area contributed by atoms with Crippen molar-refractivity contribution in [3.05, 3.63) is 16.3 Å². The molecule has 0 aromatic carbocycles. The van der Waals surface area contributed by atoms with Gasteiger partial charge in [0.2, 0.25) is 5.91 Å². The molecule has 30 heavy (non-hydrogen) atoms. The number of carbonyl (C=O) groups is 1. The standard InChI is InChI=1S/C24H34N4OS/c1-15(2)21-25-22(20-18-9-8-16(3)14-19(18)30-23(20)26-21)27-10-12-28(13-11-27)24(29)17-6-4-5-7-17/h15-17H,4-14H2,1-3H3. The van der Waals surface area contributed by atoms with Crippen LogP contribution in [0.4, 0.5) is 5.82 Å². The van der Waals surface area contributed by atoms with Gasteiger partial charge in [-0.3, -0.25) is 4.79 Å². The van der Waals surface area contributed by atoms with E-state index >= 15 is 0 Å². The van der Waals surface area contributed by atoms with Crippen LogP contribution in [-0.4, -0.2) is 47.0 Å². The Labute approximate surface area is 183 Å². The normalized spacial score (nSPS) is 22.9. The van der Waals surface area contributed by atoms with Crippen LogP contribution in [0.5, 0.6) is 0 Å². The Morgan fingerprint density at radius 2 is 1.80 bits per heavy atom. The lowest BCUT2D eigenvalue weighted by atomic mass is 9.89. The Balaban J connectivity index is 1.44. The van der Waals surface area contributed by atoms with Crippen molar-refractivity contribution >= 4 is 33.3 Å². The zero-order valence-corrected chi connectivity index (χ0v) is 19.4. The van der Waals surface area contributed by atoms with Gasteiger partial charge in [0.25, 0.3) is 0 Å². The van der Waals surface area contributed by atoms with Crippen LogP contribution >= 0.6 is 11.3 Å². The van der Waals surface area contributed by atoms with E-state index < -0.39 is 0 Å². The van der Waals surface area contributed by atoms with Crippen LogP contribution in [-0.2, 0) is 17.6 Å². The van der Waals surface area contributed by atoms with Crippen molar-refractivity contribution in [2.24, 2.45) is 11.8 Å². The number of aryl methyl sites for hydroxylation is 1. The maximum Gasteiger partial charge on any atom is 0.225 e. The zero-order chi connectivity index (χ0) is 20.8. The topological polar surface area (TPSA) is 49.3 Å². The third kappa shape index (κ3) is 3.61. The molecule has 5 rings (SSSR count). The van der Waals surface area contributed by atoms with E-state index in [0.29, 0.717) is 11.8 Å². The Kier molecular flexibility index (Phi) is 5.46. The maximum atomic E-state index is 12.9. The number of thiophene rings is 1. The summed E-state index contributed by atoms with van der Waals surface area (Å²) in [5.41, 5.74) is 1.50. The second kappa shape index (κ2) is 8.10. The first-order valence-corrected chi connectivity index (χ1v) is 12.7. The molecule has 3 heterocycles. The van der Waals surface area contributed by atoms with E-state index in [1.165, 1.54) is 46.3 Å². The van der Waals surface area contributed by atoms with Gasteiger partial charge in [0, 0.05) is 42.9 Å². The van der Waals surface area contributed by atoms with Crippen molar-refractivity contribution in [2.75, 3.05) is 31.1 Å². The van der Waals surface area contributed by atoms with Crippen molar-refractivity contribution in [1.29, 1.82) is 0 Å². The second-order valence-electron chi connectivity index (χ2n) is 9.89. The fraction of sp³-hybridized carbons (Fsp3) is 0.708. The summed E-state index contributed by atoms with van der Waals surface area (Å²) < 4.78 is 0. The Morgan fingerprint density at radius 3 is 2.50 bits per heavy atom. The van der Waals surface area contributed by atoms with Gasteiger partial charge in [0.1, 0.15) is 16.5 Å². The summed E-state index contributed by atoms with van der Waals surface area (Å²) in [6.45, 7) is 10.1. The summed E-state index contributed by atoms with van der Waals surface area (Å²) in [6, 6.07) is 0. The van der Waals surface area contributed by atoms with Crippen LogP contribution in [0.25, 0.3) is 10.2 Å². The van der Waals surface area contributed by atoms with Crippen molar-refractivity contribution in [1.82, 2.24) is 14.9 Å². The molecular formula is C24H34N4OS. The van der Waals surface area contributed by atoms with Gasteiger partial charge in [-0.25, -0.2) is 9.97 Å². The molecule has 1 aliphatic heterocycles. The number of hydrogen-bond donors (Lipinski definition) is 0. The summed E-state index contributed by atoms with van der Waals surface area (Å²) in [7, 11) is 0. The number of rotatable bonds is 3. The van der Waals surface area contributed by atoms with Crippen molar-refractivity contribution in [3.63, 3.8) is 0 Å². The average molecular weight is 427 g/mol. The fourth-order valence-corrected chi connectivity index (χ4v) is 6.78. The average Bonchev–Trinajstić information content (AvgIpc) is 3.40. The number of anilines is 1. The highest BCUT2D eigenvalue weighted by molar-refractivity contribution is 7.19. The quantitative estimate of drug-likeness (QED) is 0.709. The minimum Gasteiger partial charge on any atom is -0.352 e.